The summed E-state index contributed by atoms with van der Waals surface area (Å²) in [6.45, 7) is 0. The van der Waals surface area contributed by atoms with Gasteiger partial charge in [-0.2, -0.15) is 0 Å². The van der Waals surface area contributed by atoms with Crippen molar-refractivity contribution >= 4 is 35.0 Å². The van der Waals surface area contributed by atoms with Crippen molar-refractivity contribution in [3.63, 3.8) is 0 Å². The van der Waals surface area contributed by atoms with Gasteiger partial charge in [-0.1, -0.05) is 59.8 Å². The number of aromatic nitrogens is 3. The molecule has 0 unspecified atom stereocenters. The number of nitrogens with zero attached hydrogens (tertiary/aromatic N) is 4. The first-order valence-electron chi connectivity index (χ1n) is 9.34. The molecule has 3 aromatic carbocycles. The zero-order chi connectivity index (χ0) is 20.9. The maximum atomic E-state index is 12.7. The molecule has 30 heavy (non-hydrogen) atoms. The van der Waals surface area contributed by atoms with E-state index in [-0.39, 0.29) is 11.7 Å². The molecule has 0 spiro atoms. The Morgan fingerprint density at radius 2 is 1.57 bits per heavy atom. The Kier molecular flexibility index (Phi) is 6.16. The molecule has 5 nitrogen and oxygen atoms in total. The molecule has 1 heterocycles. The van der Waals surface area contributed by atoms with Crippen LogP contribution < -0.4 is 4.90 Å². The van der Waals surface area contributed by atoms with Crippen LogP contribution >= 0.6 is 23.4 Å². The minimum atomic E-state index is -0.0122. The maximum Gasteiger partial charge on any atom is 0.237 e. The molecule has 0 radical (unpaired) electrons. The van der Waals surface area contributed by atoms with Gasteiger partial charge < -0.3 is 4.90 Å². The van der Waals surface area contributed by atoms with Gasteiger partial charge in [-0.15, -0.1) is 10.2 Å². The van der Waals surface area contributed by atoms with Crippen LogP contribution in [-0.4, -0.2) is 33.5 Å². The third-order valence-corrected chi connectivity index (χ3v) is 5.76. The molecule has 150 valence electrons. The molecule has 0 atom stereocenters. The zero-order valence-corrected chi connectivity index (χ0v) is 17.8. The Morgan fingerprint density at radius 3 is 2.23 bits per heavy atom. The summed E-state index contributed by atoms with van der Waals surface area (Å²) in [7, 11) is 1.78. The molecule has 4 aromatic rings. The standard InChI is InChI=1S/C23H19ClN4OS/c1-27(19-8-4-2-5-9-19)21(29)16-30-23-26-25-22(17-12-14-18(24)15-13-17)28(23)20-10-6-3-7-11-20/h2-15H,16H2,1H3. The number of hydrogen-bond donors (Lipinski definition) is 0. The van der Waals surface area contributed by atoms with E-state index in [1.54, 1.807) is 11.9 Å². The molecule has 0 bridgehead atoms. The number of rotatable bonds is 6. The van der Waals surface area contributed by atoms with E-state index in [1.807, 2.05) is 89.5 Å². The highest BCUT2D eigenvalue weighted by Gasteiger charge is 2.18. The summed E-state index contributed by atoms with van der Waals surface area (Å²) in [4.78, 5) is 14.4. The van der Waals surface area contributed by atoms with Crippen LogP contribution in [0.25, 0.3) is 17.1 Å². The van der Waals surface area contributed by atoms with E-state index in [9.17, 15) is 4.79 Å². The van der Waals surface area contributed by atoms with Gasteiger partial charge in [-0.3, -0.25) is 9.36 Å². The quantitative estimate of drug-likeness (QED) is 0.384. The van der Waals surface area contributed by atoms with Gasteiger partial charge in [-0.25, -0.2) is 0 Å². The predicted octanol–water partition coefficient (Wildman–Crippen LogP) is 5.34. The van der Waals surface area contributed by atoms with Crippen LogP contribution in [0.1, 0.15) is 0 Å². The molecule has 0 aliphatic rings. The molecular formula is C23H19ClN4OS. The first-order valence-corrected chi connectivity index (χ1v) is 10.7. The Bertz CT molecular complexity index is 1130. The van der Waals surface area contributed by atoms with Crippen LogP contribution in [0.4, 0.5) is 5.69 Å². The lowest BCUT2D eigenvalue weighted by Gasteiger charge is -2.17. The zero-order valence-electron chi connectivity index (χ0n) is 16.3. The minimum absolute atomic E-state index is 0.0122. The van der Waals surface area contributed by atoms with Gasteiger partial charge in [0.05, 0.1) is 5.75 Å². The molecule has 1 aromatic heterocycles. The molecule has 0 N–H and O–H groups in total. The van der Waals surface area contributed by atoms with E-state index in [1.165, 1.54) is 11.8 Å². The van der Waals surface area contributed by atoms with Crippen molar-refractivity contribution in [3.05, 3.63) is 90.0 Å². The topological polar surface area (TPSA) is 51.0 Å². The average molecular weight is 435 g/mol. The summed E-state index contributed by atoms with van der Waals surface area (Å²) in [6.07, 6.45) is 0. The molecule has 7 heteroatoms. The Hall–Kier alpha value is -3.09. The number of carbonyl (C=O) groups excluding carboxylic acids is 1. The molecular weight excluding hydrogens is 416 g/mol. The van der Waals surface area contributed by atoms with Gasteiger partial charge in [0.25, 0.3) is 0 Å². The van der Waals surface area contributed by atoms with Gasteiger partial charge in [0.1, 0.15) is 0 Å². The highest BCUT2D eigenvalue weighted by molar-refractivity contribution is 7.99. The second-order valence-electron chi connectivity index (χ2n) is 6.56. The lowest BCUT2D eigenvalue weighted by molar-refractivity contribution is -0.115. The highest BCUT2D eigenvalue weighted by Crippen LogP contribution is 2.29. The fraction of sp³-hybridized carbons (Fsp3) is 0.0870. The van der Waals surface area contributed by atoms with Crippen molar-refractivity contribution in [2.45, 2.75) is 5.16 Å². The Balaban J connectivity index is 1.62. The number of carbonyl (C=O) groups is 1. The number of amides is 1. The van der Waals surface area contributed by atoms with Crippen molar-refractivity contribution in [2.75, 3.05) is 17.7 Å². The van der Waals surface area contributed by atoms with Gasteiger partial charge in [0.2, 0.25) is 5.91 Å². The molecule has 0 saturated carbocycles. The van der Waals surface area contributed by atoms with Crippen LogP contribution in [0.3, 0.4) is 0 Å². The van der Waals surface area contributed by atoms with E-state index in [0.29, 0.717) is 16.0 Å². The van der Waals surface area contributed by atoms with Crippen molar-refractivity contribution in [1.29, 1.82) is 0 Å². The van der Waals surface area contributed by atoms with E-state index in [4.69, 9.17) is 11.6 Å². The summed E-state index contributed by atoms with van der Waals surface area (Å²) in [5.74, 6) is 0.933. The molecule has 4 rings (SSSR count). The summed E-state index contributed by atoms with van der Waals surface area (Å²) in [6, 6.07) is 26.9. The van der Waals surface area contributed by atoms with Crippen LogP contribution in [0.15, 0.2) is 90.1 Å². The van der Waals surface area contributed by atoms with Crippen LogP contribution in [0.2, 0.25) is 5.02 Å². The number of para-hydroxylation sites is 2. The summed E-state index contributed by atoms with van der Waals surface area (Å²) in [5.41, 5.74) is 2.68. The van der Waals surface area contributed by atoms with Crippen LogP contribution in [0.5, 0.6) is 0 Å². The van der Waals surface area contributed by atoms with E-state index < -0.39 is 0 Å². The lowest BCUT2D eigenvalue weighted by atomic mass is 10.2. The van der Waals surface area contributed by atoms with Gasteiger partial charge in [-0.05, 0) is 48.5 Å². The third-order valence-electron chi connectivity index (χ3n) is 4.59. The number of thioether (sulfide) groups is 1. The second kappa shape index (κ2) is 9.15. The van der Waals surface area contributed by atoms with Crippen molar-refractivity contribution in [1.82, 2.24) is 14.8 Å². The molecule has 0 saturated heterocycles. The smallest absolute Gasteiger partial charge is 0.237 e. The van der Waals surface area contributed by atoms with Gasteiger partial charge in [0.15, 0.2) is 11.0 Å². The maximum absolute atomic E-state index is 12.7. The summed E-state index contributed by atoms with van der Waals surface area (Å²) in [5, 5.41) is 10.1. The molecule has 0 fully saturated rings. The van der Waals surface area contributed by atoms with Gasteiger partial charge in [0, 0.05) is 29.0 Å². The first kappa shape index (κ1) is 20.2. The first-order chi connectivity index (χ1) is 14.6. The number of halogens is 1. The third kappa shape index (κ3) is 4.40. The Morgan fingerprint density at radius 1 is 0.933 bits per heavy atom. The van der Waals surface area contributed by atoms with Crippen LogP contribution in [0, 0.1) is 0 Å². The second-order valence-corrected chi connectivity index (χ2v) is 7.94. The van der Waals surface area contributed by atoms with Crippen molar-refractivity contribution in [2.24, 2.45) is 0 Å². The monoisotopic (exact) mass is 434 g/mol. The summed E-state index contributed by atoms with van der Waals surface area (Å²) < 4.78 is 1.96. The Labute approximate surface area is 184 Å². The van der Waals surface area contributed by atoms with Crippen molar-refractivity contribution < 1.29 is 4.79 Å². The lowest BCUT2D eigenvalue weighted by Crippen LogP contribution is -2.27. The normalized spacial score (nSPS) is 10.7. The fourth-order valence-corrected chi connectivity index (χ4v) is 3.97. The minimum Gasteiger partial charge on any atom is -0.315 e. The number of benzene rings is 3. The van der Waals surface area contributed by atoms with Crippen LogP contribution in [-0.2, 0) is 4.79 Å². The molecule has 0 aliphatic carbocycles. The predicted molar refractivity (Wildman–Crippen MR) is 122 cm³/mol. The molecule has 1 amide bonds. The fourth-order valence-electron chi connectivity index (χ4n) is 2.98. The molecule has 0 aliphatic heterocycles. The SMILES string of the molecule is CN(C(=O)CSc1nnc(-c2ccc(Cl)cc2)n1-c1ccccc1)c1ccccc1. The van der Waals surface area contributed by atoms with Gasteiger partial charge >= 0.3 is 0 Å². The number of hydrogen-bond acceptors (Lipinski definition) is 4. The average Bonchev–Trinajstić information content (AvgIpc) is 3.22. The largest absolute Gasteiger partial charge is 0.315 e. The van der Waals surface area contributed by atoms with Crippen molar-refractivity contribution in [3.8, 4) is 17.1 Å². The summed E-state index contributed by atoms with van der Waals surface area (Å²) >= 11 is 7.40. The highest BCUT2D eigenvalue weighted by atomic mass is 35.5. The number of anilines is 1. The van der Waals surface area contributed by atoms with E-state index >= 15 is 0 Å². The van der Waals surface area contributed by atoms with E-state index in [2.05, 4.69) is 10.2 Å². The van der Waals surface area contributed by atoms with E-state index in [0.717, 1.165) is 16.9 Å².